The molecule has 0 radical (unpaired) electrons. The standard InChI is InChI=1S/C50H48N10O2/c1-55(2)29-11-15-33-41(19-29)59(9)42-20-30(56(3)4)12-16-34(42)49(33)37-23-46-38(24-45(37)61-47-39(49)25-51-27-53-47)50(40-26-52-28-54-48(40)62-46)35-17-13-31(57(5)6)21-43(35)60(10)44-22-32(58(7)8)14-18-36(44)50/h11-28H,1-10H3. The van der Waals surface area contributed by atoms with Crippen LogP contribution in [0.1, 0.15) is 44.5 Å². The van der Waals surface area contributed by atoms with Crippen molar-refractivity contribution >= 4 is 45.5 Å². The molecule has 5 aromatic carbocycles. The molecule has 0 amide bonds. The Kier molecular flexibility index (Phi) is 7.94. The number of ether oxygens (including phenoxy) is 2. The minimum atomic E-state index is -0.904. The van der Waals surface area contributed by atoms with E-state index in [0.29, 0.717) is 23.3 Å². The molecule has 4 aliphatic heterocycles. The van der Waals surface area contributed by atoms with E-state index in [0.717, 1.165) is 90.0 Å². The van der Waals surface area contributed by atoms with Crippen LogP contribution >= 0.6 is 0 Å². The Balaban J connectivity index is 1.28. The van der Waals surface area contributed by atoms with Gasteiger partial charge in [-0.1, -0.05) is 24.3 Å². The highest BCUT2D eigenvalue weighted by atomic mass is 16.5. The number of nitrogens with zero attached hydrogens (tertiary/aromatic N) is 10. The minimum Gasteiger partial charge on any atom is -0.438 e. The first kappa shape index (κ1) is 37.6. The van der Waals surface area contributed by atoms with Gasteiger partial charge in [-0.15, -0.1) is 0 Å². The zero-order valence-electron chi connectivity index (χ0n) is 36.7. The highest BCUT2D eigenvalue weighted by molar-refractivity contribution is 5.91. The predicted octanol–water partition coefficient (Wildman–Crippen LogP) is 8.67. The van der Waals surface area contributed by atoms with Crippen molar-refractivity contribution in [3.8, 4) is 23.3 Å². The number of anilines is 8. The first-order valence-corrected chi connectivity index (χ1v) is 20.8. The monoisotopic (exact) mass is 820 g/mol. The molecule has 0 N–H and O–H groups in total. The van der Waals surface area contributed by atoms with Crippen molar-refractivity contribution in [1.82, 2.24) is 19.9 Å². The van der Waals surface area contributed by atoms with Crippen LogP contribution in [0.2, 0.25) is 0 Å². The number of aromatic nitrogens is 4. The molecule has 62 heavy (non-hydrogen) atoms. The molecular formula is C50H48N10O2. The van der Waals surface area contributed by atoms with E-state index in [1.807, 2.05) is 12.4 Å². The summed E-state index contributed by atoms with van der Waals surface area (Å²) in [5, 5.41) is 0. The molecule has 2 aromatic heterocycles. The molecule has 0 fully saturated rings. The van der Waals surface area contributed by atoms with E-state index < -0.39 is 10.8 Å². The lowest BCUT2D eigenvalue weighted by Gasteiger charge is -2.50. The maximum atomic E-state index is 7.08. The van der Waals surface area contributed by atoms with Crippen LogP contribution in [0.25, 0.3) is 0 Å². The largest absolute Gasteiger partial charge is 0.438 e. The zero-order chi connectivity index (χ0) is 43.0. The second kappa shape index (κ2) is 13.1. The van der Waals surface area contributed by atoms with E-state index >= 15 is 0 Å². The van der Waals surface area contributed by atoms with Gasteiger partial charge >= 0.3 is 0 Å². The molecule has 0 aliphatic carbocycles. The van der Waals surface area contributed by atoms with Crippen LogP contribution in [0.3, 0.4) is 0 Å². The lowest BCUT2D eigenvalue weighted by molar-refractivity contribution is 0.392. The third kappa shape index (κ3) is 4.83. The molecule has 0 unspecified atom stereocenters. The fourth-order valence-electron chi connectivity index (χ4n) is 10.4. The molecule has 4 aliphatic rings. The summed E-state index contributed by atoms with van der Waals surface area (Å²) in [7, 11) is 20.9. The van der Waals surface area contributed by atoms with E-state index in [1.54, 1.807) is 12.7 Å². The van der Waals surface area contributed by atoms with E-state index in [1.165, 1.54) is 0 Å². The Morgan fingerprint density at radius 2 is 0.710 bits per heavy atom. The van der Waals surface area contributed by atoms with Crippen molar-refractivity contribution in [3.63, 3.8) is 0 Å². The van der Waals surface area contributed by atoms with E-state index in [9.17, 15) is 0 Å². The first-order valence-electron chi connectivity index (χ1n) is 20.8. The minimum absolute atomic E-state index is 0.507. The van der Waals surface area contributed by atoms with Gasteiger partial charge < -0.3 is 38.9 Å². The second-order valence-electron chi connectivity index (χ2n) is 17.5. The Bertz CT molecular complexity index is 2690. The Labute approximate surface area is 362 Å². The highest BCUT2D eigenvalue weighted by Gasteiger charge is 2.56. The number of hydrogen-bond acceptors (Lipinski definition) is 12. The Hall–Kier alpha value is -7.34. The summed E-state index contributed by atoms with van der Waals surface area (Å²) in [5.41, 5.74) is 14.8. The molecule has 0 saturated carbocycles. The van der Waals surface area contributed by atoms with Crippen LogP contribution in [0.5, 0.6) is 23.3 Å². The third-order valence-corrected chi connectivity index (χ3v) is 13.5. The van der Waals surface area contributed by atoms with Gasteiger partial charge in [0.05, 0.1) is 22.0 Å². The molecule has 310 valence electrons. The summed E-state index contributed by atoms with van der Waals surface area (Å²) < 4.78 is 14.2. The number of hydrogen-bond donors (Lipinski definition) is 0. The van der Waals surface area contributed by atoms with Gasteiger partial charge in [0.25, 0.3) is 0 Å². The van der Waals surface area contributed by atoms with Gasteiger partial charge in [0.15, 0.2) is 0 Å². The van der Waals surface area contributed by atoms with Crippen LogP contribution in [0.15, 0.2) is 110 Å². The van der Waals surface area contributed by atoms with Gasteiger partial charge in [-0.3, -0.25) is 0 Å². The summed E-state index contributed by atoms with van der Waals surface area (Å²) >= 11 is 0. The summed E-state index contributed by atoms with van der Waals surface area (Å²) in [6.07, 6.45) is 6.98. The normalized spacial score (nSPS) is 15.1. The Morgan fingerprint density at radius 1 is 0.403 bits per heavy atom. The van der Waals surface area contributed by atoms with Crippen molar-refractivity contribution < 1.29 is 9.47 Å². The first-order chi connectivity index (χ1) is 29.8. The maximum Gasteiger partial charge on any atom is 0.227 e. The van der Waals surface area contributed by atoms with Crippen molar-refractivity contribution in [1.29, 1.82) is 0 Å². The van der Waals surface area contributed by atoms with Crippen molar-refractivity contribution in [2.75, 3.05) is 99.9 Å². The van der Waals surface area contributed by atoms with Gasteiger partial charge in [0, 0.05) is 139 Å². The van der Waals surface area contributed by atoms with Crippen LogP contribution in [-0.2, 0) is 10.8 Å². The number of rotatable bonds is 4. The van der Waals surface area contributed by atoms with Crippen LogP contribution < -0.4 is 38.9 Å². The fourth-order valence-corrected chi connectivity index (χ4v) is 10.4. The predicted molar refractivity (Wildman–Crippen MR) is 248 cm³/mol. The summed E-state index contributed by atoms with van der Waals surface area (Å²) in [6.45, 7) is 0. The second-order valence-corrected chi connectivity index (χ2v) is 17.5. The summed E-state index contributed by atoms with van der Waals surface area (Å²) in [5.74, 6) is 2.38. The molecule has 0 saturated heterocycles. The van der Waals surface area contributed by atoms with E-state index in [2.05, 4.69) is 195 Å². The average molecular weight is 821 g/mol. The van der Waals surface area contributed by atoms with Crippen LogP contribution in [0.4, 0.5) is 45.5 Å². The molecule has 12 heteroatoms. The van der Waals surface area contributed by atoms with Crippen LogP contribution in [0, 0.1) is 0 Å². The third-order valence-electron chi connectivity index (χ3n) is 13.5. The molecule has 12 nitrogen and oxygen atoms in total. The molecule has 0 bridgehead atoms. The maximum absolute atomic E-state index is 7.08. The molecule has 11 rings (SSSR count). The number of fused-ring (bicyclic) bond motifs is 16. The lowest BCUT2D eigenvalue weighted by atomic mass is 9.59. The zero-order valence-corrected chi connectivity index (χ0v) is 36.7. The van der Waals surface area contributed by atoms with Gasteiger partial charge in [-0.05, 0) is 82.9 Å². The fraction of sp³-hybridized carbons (Fsp3) is 0.240. The van der Waals surface area contributed by atoms with E-state index in [4.69, 9.17) is 19.4 Å². The summed E-state index contributed by atoms with van der Waals surface area (Å²) in [4.78, 5) is 32.3. The van der Waals surface area contributed by atoms with E-state index in [-0.39, 0.29) is 0 Å². The Morgan fingerprint density at radius 3 is 1.00 bits per heavy atom. The molecular weight excluding hydrogens is 773 g/mol. The highest BCUT2D eigenvalue weighted by Crippen LogP contribution is 2.66. The molecule has 7 aromatic rings. The topological polar surface area (TPSA) is 89.5 Å². The smallest absolute Gasteiger partial charge is 0.227 e. The van der Waals surface area contributed by atoms with Crippen molar-refractivity contribution in [2.24, 2.45) is 0 Å². The summed E-state index contributed by atoms with van der Waals surface area (Å²) in [6, 6.07) is 31.3. The lowest BCUT2D eigenvalue weighted by Crippen LogP contribution is -2.42. The van der Waals surface area contributed by atoms with Crippen molar-refractivity contribution in [2.45, 2.75) is 10.8 Å². The molecule has 0 atom stereocenters. The average Bonchev–Trinajstić information content (AvgIpc) is 3.28. The van der Waals surface area contributed by atoms with Crippen LogP contribution in [-0.4, -0.2) is 90.4 Å². The molecule has 2 spiro atoms. The van der Waals surface area contributed by atoms with Gasteiger partial charge in [-0.25, -0.2) is 19.9 Å². The van der Waals surface area contributed by atoms with Gasteiger partial charge in [0.1, 0.15) is 24.2 Å². The van der Waals surface area contributed by atoms with Gasteiger partial charge in [-0.2, -0.15) is 0 Å². The quantitative estimate of drug-likeness (QED) is 0.170. The SMILES string of the molecule is CN(C)c1ccc2c(c1)N(C)c1cc(N(C)C)ccc1C21c2cc3c(cc2Oc2ncncc21)C1(c2ccc(N(C)C)cc2N(C)c2cc(N(C)C)ccc21)c1cncnc1O3. The van der Waals surface area contributed by atoms with Gasteiger partial charge in [0.2, 0.25) is 11.8 Å². The van der Waals surface area contributed by atoms with Crippen molar-refractivity contribution in [3.05, 3.63) is 154 Å². The number of benzene rings is 5. The molecule has 6 heterocycles.